The molecule has 238 valence electrons. The smallest absolute Gasteiger partial charge is 0.406 e. The van der Waals surface area contributed by atoms with Gasteiger partial charge in [-0.15, -0.1) is 0 Å². The monoisotopic (exact) mass is 619 g/mol. The van der Waals surface area contributed by atoms with Gasteiger partial charge in [-0.05, 0) is 55.8 Å². The zero-order valence-electron chi connectivity index (χ0n) is 24.8. The lowest BCUT2D eigenvalue weighted by atomic mass is 10.0. The molecule has 1 aliphatic rings. The third kappa shape index (κ3) is 8.56. The van der Waals surface area contributed by atoms with Crippen LogP contribution in [0.15, 0.2) is 42.5 Å². The molecule has 4 N–H and O–H groups in total. The molecule has 1 aromatic heterocycles. The molecule has 2 heterocycles. The summed E-state index contributed by atoms with van der Waals surface area (Å²) in [5.74, 6) is 5.67. The fourth-order valence-corrected chi connectivity index (χ4v) is 5.10. The molecule has 1 aliphatic heterocycles. The third-order valence-corrected chi connectivity index (χ3v) is 7.27. The average molecular weight is 620 g/mol. The second-order valence-electron chi connectivity index (χ2n) is 10.7. The standard InChI is InChI=1S/C31H37F4N5O4/c1-39-13-11-26(24(32)17-39)38-25-7-4-8-28-23(25)15-21(40(28)19-31(33,34)35)6-5-12-36-27-10-9-20(14-29(27)44-3)30(42)37-16-22(41)18-43-2/h4,7-10,14-15,22,24,26,36,38,41H,11-13,16-19H2,1-3H3,(H,37,42)/t22-,24-,26+/m1/s1. The third-order valence-electron chi connectivity index (χ3n) is 7.27. The Labute approximate surface area is 253 Å². The molecule has 0 aliphatic carbocycles. The molecule has 44 heavy (non-hydrogen) atoms. The molecule has 1 fully saturated rings. The number of alkyl halides is 4. The highest BCUT2D eigenvalue weighted by atomic mass is 19.4. The van der Waals surface area contributed by atoms with Crippen molar-refractivity contribution >= 4 is 28.2 Å². The average Bonchev–Trinajstić information content (AvgIpc) is 3.32. The minimum Gasteiger partial charge on any atom is -0.495 e. The van der Waals surface area contributed by atoms with Crippen LogP contribution in [-0.4, -0.2) is 99.0 Å². The normalized spacial score (nSPS) is 17.9. The number of benzene rings is 2. The van der Waals surface area contributed by atoms with Crippen molar-refractivity contribution in [2.75, 3.05) is 64.7 Å². The van der Waals surface area contributed by atoms with Crippen molar-refractivity contribution in [1.82, 2.24) is 14.8 Å². The van der Waals surface area contributed by atoms with Gasteiger partial charge in [0.1, 0.15) is 18.5 Å². The molecular formula is C31H37F4N5O4. The topological polar surface area (TPSA) is 100 Å². The molecule has 4 rings (SSSR count). The number of hydrogen-bond donors (Lipinski definition) is 4. The van der Waals surface area contributed by atoms with Gasteiger partial charge in [-0.25, -0.2) is 4.39 Å². The van der Waals surface area contributed by atoms with Gasteiger partial charge in [-0.2, -0.15) is 13.2 Å². The lowest BCUT2D eigenvalue weighted by molar-refractivity contribution is -0.140. The number of likely N-dealkylation sites (tertiary alicyclic amines) is 1. The first-order chi connectivity index (χ1) is 21.0. The van der Waals surface area contributed by atoms with Gasteiger partial charge >= 0.3 is 6.18 Å². The fraction of sp³-hybridized carbons (Fsp3) is 0.452. The van der Waals surface area contributed by atoms with E-state index >= 15 is 0 Å². The summed E-state index contributed by atoms with van der Waals surface area (Å²) in [6.45, 7) is -0.0544. The number of halogens is 4. The highest BCUT2D eigenvalue weighted by molar-refractivity contribution is 5.95. The van der Waals surface area contributed by atoms with Crippen molar-refractivity contribution in [2.24, 2.45) is 0 Å². The van der Waals surface area contributed by atoms with Crippen LogP contribution in [0.2, 0.25) is 0 Å². The van der Waals surface area contributed by atoms with E-state index in [1.807, 2.05) is 11.9 Å². The van der Waals surface area contributed by atoms with Crippen LogP contribution in [0.5, 0.6) is 5.75 Å². The van der Waals surface area contributed by atoms with Gasteiger partial charge in [-0.1, -0.05) is 12.0 Å². The zero-order chi connectivity index (χ0) is 31.9. The van der Waals surface area contributed by atoms with E-state index in [-0.39, 0.29) is 31.9 Å². The molecule has 3 atom stereocenters. The van der Waals surface area contributed by atoms with Gasteiger partial charge in [0, 0.05) is 43.4 Å². The van der Waals surface area contributed by atoms with Crippen molar-refractivity contribution in [3.63, 3.8) is 0 Å². The van der Waals surface area contributed by atoms with Crippen LogP contribution in [0.1, 0.15) is 22.5 Å². The lowest BCUT2D eigenvalue weighted by Gasteiger charge is -2.33. The van der Waals surface area contributed by atoms with Crippen LogP contribution in [0.25, 0.3) is 10.9 Å². The summed E-state index contributed by atoms with van der Waals surface area (Å²) in [6.07, 6.45) is -5.86. The molecule has 2 aromatic carbocycles. The number of aromatic nitrogens is 1. The van der Waals surface area contributed by atoms with Crippen molar-refractivity contribution in [2.45, 2.75) is 37.5 Å². The van der Waals surface area contributed by atoms with E-state index in [0.29, 0.717) is 46.6 Å². The minimum atomic E-state index is -4.48. The Morgan fingerprint density at radius 1 is 1.18 bits per heavy atom. The second-order valence-corrected chi connectivity index (χ2v) is 10.7. The Morgan fingerprint density at radius 3 is 2.68 bits per heavy atom. The maximum absolute atomic E-state index is 14.7. The van der Waals surface area contributed by atoms with Crippen LogP contribution in [0, 0.1) is 11.8 Å². The summed E-state index contributed by atoms with van der Waals surface area (Å²) < 4.78 is 66.8. The molecule has 0 unspecified atom stereocenters. The number of carbonyl (C=O) groups excluding carboxylic acids is 1. The van der Waals surface area contributed by atoms with Gasteiger partial charge in [0.2, 0.25) is 0 Å². The van der Waals surface area contributed by atoms with Gasteiger partial charge in [0.05, 0.1) is 49.3 Å². The number of fused-ring (bicyclic) bond motifs is 1. The first kappa shape index (κ1) is 32.9. The van der Waals surface area contributed by atoms with Crippen molar-refractivity contribution < 1.29 is 36.9 Å². The summed E-state index contributed by atoms with van der Waals surface area (Å²) >= 11 is 0. The van der Waals surface area contributed by atoms with E-state index in [1.165, 1.54) is 20.3 Å². The van der Waals surface area contributed by atoms with E-state index in [4.69, 9.17) is 9.47 Å². The first-order valence-electron chi connectivity index (χ1n) is 14.1. The number of hydrogen-bond acceptors (Lipinski definition) is 7. The Morgan fingerprint density at radius 2 is 1.98 bits per heavy atom. The van der Waals surface area contributed by atoms with E-state index in [9.17, 15) is 27.5 Å². The number of carbonyl (C=O) groups is 1. The molecule has 0 radical (unpaired) electrons. The van der Waals surface area contributed by atoms with Crippen molar-refractivity contribution in [1.29, 1.82) is 0 Å². The molecule has 0 saturated carbocycles. The molecule has 1 amide bonds. The Balaban J connectivity index is 1.51. The summed E-state index contributed by atoms with van der Waals surface area (Å²) in [5, 5.41) is 19.2. The molecule has 9 nitrogen and oxygen atoms in total. The summed E-state index contributed by atoms with van der Waals surface area (Å²) in [4.78, 5) is 14.4. The lowest BCUT2D eigenvalue weighted by Crippen LogP contribution is -2.46. The predicted octanol–water partition coefficient (Wildman–Crippen LogP) is 3.87. The van der Waals surface area contributed by atoms with Crippen LogP contribution < -0.4 is 20.7 Å². The molecule has 0 spiro atoms. The molecule has 1 saturated heterocycles. The number of methoxy groups -OCH3 is 2. The van der Waals surface area contributed by atoms with Crippen molar-refractivity contribution in [3.8, 4) is 17.6 Å². The van der Waals surface area contributed by atoms with Crippen LogP contribution >= 0.6 is 0 Å². The Kier molecular flexibility index (Phi) is 11.0. The molecular weight excluding hydrogens is 582 g/mol. The molecule has 13 heteroatoms. The SMILES string of the molecule is COC[C@H](O)CNC(=O)c1ccc(NCC#Cc2cc3c(N[C@H]4CCN(C)C[C@H]4F)cccc3n2CC(F)(F)F)c(OC)c1. The summed E-state index contributed by atoms with van der Waals surface area (Å²) in [5.41, 5.74) is 1.91. The summed E-state index contributed by atoms with van der Waals surface area (Å²) in [6, 6.07) is 10.8. The minimum absolute atomic E-state index is 0.0156. The van der Waals surface area contributed by atoms with Crippen LogP contribution in [-0.2, 0) is 11.3 Å². The largest absolute Gasteiger partial charge is 0.495 e. The van der Waals surface area contributed by atoms with Crippen LogP contribution in [0.4, 0.5) is 28.9 Å². The fourth-order valence-electron chi connectivity index (χ4n) is 5.10. The second kappa shape index (κ2) is 14.7. The number of amides is 1. The highest BCUT2D eigenvalue weighted by Gasteiger charge is 2.31. The van der Waals surface area contributed by atoms with Crippen molar-refractivity contribution in [3.05, 3.63) is 53.7 Å². The quantitative estimate of drug-likeness (QED) is 0.191. The number of piperidine rings is 1. The number of nitrogens with zero attached hydrogens (tertiary/aromatic N) is 2. The number of aliphatic hydroxyl groups excluding tert-OH is 1. The van der Waals surface area contributed by atoms with Crippen LogP contribution in [0.3, 0.4) is 0 Å². The maximum atomic E-state index is 14.7. The Bertz CT molecular complexity index is 1500. The number of aliphatic hydroxyl groups is 1. The number of rotatable bonds is 11. The van der Waals surface area contributed by atoms with Gasteiger partial charge in [-0.3, -0.25) is 4.79 Å². The number of ether oxygens (including phenoxy) is 2. The first-order valence-corrected chi connectivity index (χ1v) is 14.1. The van der Waals surface area contributed by atoms with Gasteiger partial charge < -0.3 is 40.0 Å². The summed E-state index contributed by atoms with van der Waals surface area (Å²) in [7, 11) is 4.74. The van der Waals surface area contributed by atoms with Gasteiger partial charge in [0.15, 0.2) is 0 Å². The molecule has 3 aromatic rings. The number of anilines is 2. The van der Waals surface area contributed by atoms with E-state index in [1.54, 1.807) is 36.4 Å². The van der Waals surface area contributed by atoms with Gasteiger partial charge in [0.25, 0.3) is 5.91 Å². The van der Waals surface area contributed by atoms with E-state index < -0.39 is 36.9 Å². The molecule has 0 bridgehead atoms. The van der Waals surface area contributed by atoms with E-state index in [0.717, 1.165) is 4.57 Å². The Hall–Kier alpha value is -3.99. The maximum Gasteiger partial charge on any atom is 0.406 e. The predicted molar refractivity (Wildman–Crippen MR) is 161 cm³/mol. The number of nitrogens with one attached hydrogen (secondary N) is 3. The zero-order valence-corrected chi connectivity index (χ0v) is 24.8. The highest BCUT2D eigenvalue weighted by Crippen LogP contribution is 2.32. The van der Waals surface area contributed by atoms with E-state index in [2.05, 4.69) is 27.8 Å².